The second-order valence-corrected chi connectivity index (χ2v) is 6.11. The molecule has 1 aromatic heterocycles. The van der Waals surface area contributed by atoms with Gasteiger partial charge in [-0.1, -0.05) is 44.0 Å². The zero-order valence-corrected chi connectivity index (χ0v) is 12.8. The summed E-state index contributed by atoms with van der Waals surface area (Å²) in [5.41, 5.74) is 2.56. The molecule has 0 unspecified atom stereocenters. The molecule has 0 bridgehead atoms. The van der Waals surface area contributed by atoms with Crippen molar-refractivity contribution in [1.29, 1.82) is 0 Å². The van der Waals surface area contributed by atoms with E-state index in [1.807, 2.05) is 6.07 Å². The van der Waals surface area contributed by atoms with Crippen LogP contribution in [0, 0.1) is 0 Å². The molecule has 90 valence electrons. The molecule has 0 radical (unpaired) electrons. The average molecular weight is 365 g/mol. The molecule has 3 rings (SSSR count). The quantitative estimate of drug-likeness (QED) is 0.587. The van der Waals surface area contributed by atoms with Crippen molar-refractivity contribution in [3.8, 4) is 0 Å². The first-order valence-electron chi connectivity index (χ1n) is 5.71. The van der Waals surface area contributed by atoms with E-state index in [1.54, 1.807) is 0 Å². The van der Waals surface area contributed by atoms with E-state index < -0.39 is 0 Å². The molecule has 0 saturated carbocycles. The highest BCUT2D eigenvalue weighted by atomic mass is 79.9. The van der Waals surface area contributed by atoms with Crippen LogP contribution in [-0.4, -0.2) is 4.57 Å². The number of hydrogen-bond donors (Lipinski definition) is 0. The van der Waals surface area contributed by atoms with Crippen LogP contribution in [0.5, 0.6) is 0 Å². The third kappa shape index (κ3) is 2.38. The standard InChI is InChI=1S/C15H11Br2N/c16-13-3-1-2-11(8-13)10-18-7-6-12-9-14(17)4-5-15(12)18/h1-9H,10H2. The second kappa shape index (κ2) is 4.90. The Morgan fingerprint density at radius 1 is 0.889 bits per heavy atom. The predicted molar refractivity (Wildman–Crippen MR) is 82.9 cm³/mol. The molecule has 0 N–H and O–H groups in total. The lowest BCUT2D eigenvalue weighted by Gasteiger charge is -2.06. The van der Waals surface area contributed by atoms with E-state index in [1.165, 1.54) is 16.5 Å². The second-order valence-electron chi connectivity index (χ2n) is 4.28. The Morgan fingerprint density at radius 2 is 1.72 bits per heavy atom. The Hall–Kier alpha value is -1.06. The molecule has 0 aliphatic rings. The monoisotopic (exact) mass is 363 g/mol. The van der Waals surface area contributed by atoms with E-state index in [4.69, 9.17) is 0 Å². The number of halogens is 2. The number of nitrogens with zero attached hydrogens (tertiary/aromatic N) is 1. The highest BCUT2D eigenvalue weighted by molar-refractivity contribution is 9.10. The Labute approximate surface area is 123 Å². The van der Waals surface area contributed by atoms with Crippen molar-refractivity contribution in [2.75, 3.05) is 0 Å². The fourth-order valence-electron chi connectivity index (χ4n) is 2.14. The number of aromatic nitrogens is 1. The van der Waals surface area contributed by atoms with Crippen molar-refractivity contribution in [2.45, 2.75) is 6.54 Å². The van der Waals surface area contributed by atoms with Gasteiger partial charge < -0.3 is 4.57 Å². The van der Waals surface area contributed by atoms with Crippen LogP contribution in [0.25, 0.3) is 10.9 Å². The minimum Gasteiger partial charge on any atom is -0.343 e. The lowest BCUT2D eigenvalue weighted by atomic mass is 10.2. The van der Waals surface area contributed by atoms with Crippen LogP contribution >= 0.6 is 31.9 Å². The summed E-state index contributed by atoms with van der Waals surface area (Å²) in [7, 11) is 0. The van der Waals surface area contributed by atoms with Gasteiger partial charge in [-0.25, -0.2) is 0 Å². The molecule has 3 heteroatoms. The number of rotatable bonds is 2. The maximum Gasteiger partial charge on any atom is 0.0484 e. The van der Waals surface area contributed by atoms with Crippen molar-refractivity contribution < 1.29 is 0 Å². The van der Waals surface area contributed by atoms with E-state index in [9.17, 15) is 0 Å². The molecule has 0 aliphatic carbocycles. The molecule has 0 saturated heterocycles. The van der Waals surface area contributed by atoms with Gasteiger partial charge >= 0.3 is 0 Å². The molecule has 0 atom stereocenters. The summed E-state index contributed by atoms with van der Waals surface area (Å²) in [6, 6.07) is 17.0. The minimum atomic E-state index is 0.893. The molecule has 0 aliphatic heterocycles. The van der Waals surface area contributed by atoms with Gasteiger partial charge in [-0.15, -0.1) is 0 Å². The largest absolute Gasteiger partial charge is 0.343 e. The highest BCUT2D eigenvalue weighted by Crippen LogP contribution is 2.22. The van der Waals surface area contributed by atoms with Crippen molar-refractivity contribution in [2.24, 2.45) is 0 Å². The van der Waals surface area contributed by atoms with E-state index in [2.05, 4.69) is 85.1 Å². The summed E-state index contributed by atoms with van der Waals surface area (Å²) in [5, 5.41) is 1.26. The van der Waals surface area contributed by atoms with Gasteiger partial charge in [0.2, 0.25) is 0 Å². The fourth-order valence-corrected chi connectivity index (χ4v) is 2.97. The summed E-state index contributed by atoms with van der Waals surface area (Å²) in [4.78, 5) is 0. The smallest absolute Gasteiger partial charge is 0.0484 e. The van der Waals surface area contributed by atoms with Crippen LogP contribution in [0.15, 0.2) is 63.7 Å². The molecule has 0 amide bonds. The maximum absolute atomic E-state index is 3.51. The molecule has 0 fully saturated rings. The third-order valence-electron chi connectivity index (χ3n) is 2.97. The lowest BCUT2D eigenvalue weighted by molar-refractivity contribution is 0.836. The van der Waals surface area contributed by atoms with Gasteiger partial charge in [0.25, 0.3) is 0 Å². The summed E-state index contributed by atoms with van der Waals surface area (Å²) >= 11 is 7.01. The van der Waals surface area contributed by atoms with Gasteiger partial charge in [0, 0.05) is 32.6 Å². The van der Waals surface area contributed by atoms with Crippen LogP contribution in [0.2, 0.25) is 0 Å². The van der Waals surface area contributed by atoms with Gasteiger partial charge in [0.15, 0.2) is 0 Å². The first kappa shape index (κ1) is 12.0. The number of benzene rings is 2. The lowest BCUT2D eigenvalue weighted by Crippen LogP contribution is -1.97. The SMILES string of the molecule is Brc1cccc(Cn2ccc3cc(Br)ccc32)c1. The van der Waals surface area contributed by atoms with Crippen molar-refractivity contribution in [1.82, 2.24) is 4.57 Å². The van der Waals surface area contributed by atoms with Gasteiger partial charge in [-0.2, -0.15) is 0 Å². The molecule has 3 aromatic rings. The Bertz CT molecular complexity index is 701. The van der Waals surface area contributed by atoms with Gasteiger partial charge in [0.05, 0.1) is 0 Å². The number of hydrogen-bond acceptors (Lipinski definition) is 0. The Morgan fingerprint density at radius 3 is 2.56 bits per heavy atom. The molecule has 18 heavy (non-hydrogen) atoms. The molecular formula is C15H11Br2N. The first-order valence-corrected chi connectivity index (χ1v) is 7.30. The van der Waals surface area contributed by atoms with Crippen LogP contribution in [-0.2, 0) is 6.54 Å². The zero-order chi connectivity index (χ0) is 12.5. The van der Waals surface area contributed by atoms with E-state index in [0.29, 0.717) is 0 Å². The predicted octanol–water partition coefficient (Wildman–Crippen LogP) is 5.21. The van der Waals surface area contributed by atoms with Crippen molar-refractivity contribution in [3.05, 3.63) is 69.2 Å². The van der Waals surface area contributed by atoms with Crippen LogP contribution in [0.1, 0.15) is 5.56 Å². The van der Waals surface area contributed by atoms with E-state index in [-0.39, 0.29) is 0 Å². The normalized spacial score (nSPS) is 11.0. The minimum absolute atomic E-state index is 0.893. The van der Waals surface area contributed by atoms with Crippen LogP contribution in [0.4, 0.5) is 0 Å². The molecule has 2 aromatic carbocycles. The van der Waals surface area contributed by atoms with Gasteiger partial charge in [-0.3, -0.25) is 0 Å². The first-order chi connectivity index (χ1) is 8.72. The van der Waals surface area contributed by atoms with Crippen molar-refractivity contribution in [3.63, 3.8) is 0 Å². The molecule has 1 nitrogen and oxygen atoms in total. The summed E-state index contributed by atoms with van der Waals surface area (Å²) in [6.45, 7) is 0.893. The van der Waals surface area contributed by atoms with Crippen LogP contribution in [0.3, 0.4) is 0 Å². The third-order valence-corrected chi connectivity index (χ3v) is 3.96. The molecular weight excluding hydrogens is 354 g/mol. The number of fused-ring (bicyclic) bond motifs is 1. The highest BCUT2D eigenvalue weighted by Gasteiger charge is 2.02. The summed E-state index contributed by atoms with van der Waals surface area (Å²) in [6.07, 6.45) is 2.14. The Balaban J connectivity index is 2.00. The molecule has 1 heterocycles. The van der Waals surface area contributed by atoms with E-state index >= 15 is 0 Å². The van der Waals surface area contributed by atoms with Crippen LogP contribution < -0.4 is 0 Å². The van der Waals surface area contributed by atoms with Gasteiger partial charge in [-0.05, 0) is 42.0 Å². The zero-order valence-electron chi connectivity index (χ0n) is 9.61. The van der Waals surface area contributed by atoms with Crippen molar-refractivity contribution >= 4 is 42.8 Å². The Kier molecular flexibility index (Phi) is 3.27. The average Bonchev–Trinajstić information content (AvgIpc) is 2.72. The summed E-state index contributed by atoms with van der Waals surface area (Å²) < 4.78 is 4.51. The maximum atomic E-state index is 3.51. The van der Waals surface area contributed by atoms with Gasteiger partial charge in [0.1, 0.15) is 0 Å². The summed E-state index contributed by atoms with van der Waals surface area (Å²) in [5.74, 6) is 0. The fraction of sp³-hybridized carbons (Fsp3) is 0.0667. The topological polar surface area (TPSA) is 4.93 Å². The molecule has 0 spiro atoms. The van der Waals surface area contributed by atoms with E-state index in [0.717, 1.165) is 15.5 Å².